The second kappa shape index (κ2) is 5.59. The van der Waals surface area contributed by atoms with Crippen molar-refractivity contribution in [3.05, 3.63) is 22.9 Å². The summed E-state index contributed by atoms with van der Waals surface area (Å²) in [7, 11) is 0. The van der Waals surface area contributed by atoms with Gasteiger partial charge >= 0.3 is 0 Å². The first-order valence-corrected chi connectivity index (χ1v) is 7.18. The van der Waals surface area contributed by atoms with Crippen LogP contribution in [0.4, 0.5) is 5.82 Å². The summed E-state index contributed by atoms with van der Waals surface area (Å²) in [5, 5.41) is 7.81. The minimum absolute atomic E-state index is 0.120. The van der Waals surface area contributed by atoms with Crippen molar-refractivity contribution < 1.29 is 0 Å². The fraction of sp³-hybridized carbons (Fsp3) is 0.600. The standard InChI is InChI=1S/C15H24N4/c1-4-19(10(2)3)15-12(14(16)17)9-11-7-5-6-8-13(11)18-15/h9-10H,4-8H2,1-3H3,(H3,16,17). The lowest BCUT2D eigenvalue weighted by atomic mass is 9.94. The maximum atomic E-state index is 7.81. The van der Waals surface area contributed by atoms with Gasteiger partial charge in [-0.2, -0.15) is 0 Å². The lowest BCUT2D eigenvalue weighted by Crippen LogP contribution is -2.34. The van der Waals surface area contributed by atoms with Crippen LogP contribution in [0.25, 0.3) is 0 Å². The number of nitrogens with two attached hydrogens (primary N) is 1. The number of aromatic nitrogens is 1. The number of fused-ring (bicyclic) bond motifs is 1. The van der Waals surface area contributed by atoms with Crippen LogP contribution in [0, 0.1) is 5.41 Å². The molecule has 0 bridgehead atoms. The second-order valence-electron chi connectivity index (χ2n) is 5.47. The van der Waals surface area contributed by atoms with Crippen LogP contribution in [0.15, 0.2) is 6.07 Å². The summed E-state index contributed by atoms with van der Waals surface area (Å²) < 4.78 is 0. The van der Waals surface area contributed by atoms with E-state index in [0.29, 0.717) is 6.04 Å². The van der Waals surface area contributed by atoms with Gasteiger partial charge in [-0.15, -0.1) is 0 Å². The minimum atomic E-state index is 0.120. The Hall–Kier alpha value is -1.58. The number of hydrogen-bond acceptors (Lipinski definition) is 3. The first-order chi connectivity index (χ1) is 9.04. The van der Waals surface area contributed by atoms with Crippen LogP contribution in [-0.2, 0) is 12.8 Å². The third-order valence-electron chi connectivity index (χ3n) is 3.81. The van der Waals surface area contributed by atoms with Crippen molar-refractivity contribution in [3.8, 4) is 0 Å². The lowest BCUT2D eigenvalue weighted by Gasteiger charge is -2.30. The average Bonchev–Trinajstić information content (AvgIpc) is 2.38. The Morgan fingerprint density at radius 3 is 2.68 bits per heavy atom. The minimum Gasteiger partial charge on any atom is -0.384 e. The Bertz CT molecular complexity index is 479. The highest BCUT2D eigenvalue weighted by atomic mass is 15.2. The molecule has 19 heavy (non-hydrogen) atoms. The molecule has 1 aromatic rings. The molecule has 104 valence electrons. The summed E-state index contributed by atoms with van der Waals surface area (Å²) in [5.74, 6) is 1.00. The van der Waals surface area contributed by atoms with Gasteiger partial charge in [-0.05, 0) is 58.1 Å². The van der Waals surface area contributed by atoms with Gasteiger partial charge in [0.15, 0.2) is 0 Å². The summed E-state index contributed by atoms with van der Waals surface area (Å²) in [6.45, 7) is 7.29. The van der Waals surface area contributed by atoms with Gasteiger partial charge < -0.3 is 10.6 Å². The fourth-order valence-corrected chi connectivity index (χ4v) is 2.80. The van der Waals surface area contributed by atoms with Crippen LogP contribution >= 0.6 is 0 Å². The molecular weight excluding hydrogens is 236 g/mol. The van der Waals surface area contributed by atoms with Crippen molar-refractivity contribution in [3.63, 3.8) is 0 Å². The number of nitrogens with zero attached hydrogens (tertiary/aromatic N) is 2. The molecule has 1 heterocycles. The van der Waals surface area contributed by atoms with E-state index in [2.05, 4.69) is 31.7 Å². The second-order valence-corrected chi connectivity index (χ2v) is 5.47. The molecule has 0 unspecified atom stereocenters. The highest BCUT2D eigenvalue weighted by Crippen LogP contribution is 2.27. The lowest BCUT2D eigenvalue weighted by molar-refractivity contribution is 0.652. The highest BCUT2D eigenvalue weighted by molar-refractivity contribution is 6.00. The van der Waals surface area contributed by atoms with Gasteiger partial charge in [0.25, 0.3) is 0 Å². The van der Waals surface area contributed by atoms with E-state index in [4.69, 9.17) is 16.1 Å². The summed E-state index contributed by atoms with van der Waals surface area (Å²) in [4.78, 5) is 7.05. The third-order valence-corrected chi connectivity index (χ3v) is 3.81. The molecule has 1 aliphatic carbocycles. The maximum Gasteiger partial charge on any atom is 0.140 e. The first-order valence-electron chi connectivity index (χ1n) is 7.18. The van der Waals surface area contributed by atoms with Crippen LogP contribution in [0.2, 0.25) is 0 Å². The van der Waals surface area contributed by atoms with Crippen molar-refractivity contribution in [2.45, 2.75) is 52.5 Å². The average molecular weight is 260 g/mol. The molecule has 2 rings (SSSR count). The number of nitrogen functional groups attached to an aromatic ring is 1. The number of hydrogen-bond donors (Lipinski definition) is 2. The molecule has 0 amide bonds. The Labute approximate surface area is 115 Å². The molecule has 0 saturated carbocycles. The van der Waals surface area contributed by atoms with E-state index in [-0.39, 0.29) is 5.84 Å². The van der Waals surface area contributed by atoms with Gasteiger partial charge in [0.2, 0.25) is 0 Å². The van der Waals surface area contributed by atoms with Gasteiger partial charge in [0.05, 0.1) is 5.56 Å². The van der Waals surface area contributed by atoms with E-state index in [1.54, 1.807) is 0 Å². The van der Waals surface area contributed by atoms with Crippen LogP contribution in [0.5, 0.6) is 0 Å². The zero-order valence-electron chi connectivity index (χ0n) is 12.2. The summed E-state index contributed by atoms with van der Waals surface area (Å²) in [6, 6.07) is 2.45. The molecule has 0 fully saturated rings. The first kappa shape index (κ1) is 13.8. The topological polar surface area (TPSA) is 66.0 Å². The molecule has 1 aromatic heterocycles. The normalized spacial score (nSPS) is 14.3. The largest absolute Gasteiger partial charge is 0.384 e. The predicted molar refractivity (Wildman–Crippen MR) is 80.1 cm³/mol. The van der Waals surface area contributed by atoms with Crippen LogP contribution in [0.1, 0.15) is 50.4 Å². The van der Waals surface area contributed by atoms with E-state index < -0.39 is 0 Å². The van der Waals surface area contributed by atoms with Gasteiger partial charge in [-0.25, -0.2) is 4.98 Å². The molecule has 0 radical (unpaired) electrons. The van der Waals surface area contributed by atoms with E-state index in [1.807, 2.05) is 0 Å². The predicted octanol–water partition coefficient (Wildman–Crippen LogP) is 2.48. The van der Waals surface area contributed by atoms with Crippen molar-refractivity contribution in [2.75, 3.05) is 11.4 Å². The summed E-state index contributed by atoms with van der Waals surface area (Å²) in [6.07, 6.45) is 4.55. The molecule has 0 atom stereocenters. The Morgan fingerprint density at radius 1 is 1.42 bits per heavy atom. The van der Waals surface area contributed by atoms with E-state index in [9.17, 15) is 0 Å². The van der Waals surface area contributed by atoms with Gasteiger partial charge in [-0.1, -0.05) is 0 Å². The van der Waals surface area contributed by atoms with Crippen LogP contribution in [0.3, 0.4) is 0 Å². The SMILES string of the molecule is CCN(c1nc2c(cc1C(=N)N)CCCC2)C(C)C. The molecule has 0 saturated heterocycles. The Balaban J connectivity index is 2.53. The maximum absolute atomic E-state index is 7.81. The molecule has 0 spiro atoms. The van der Waals surface area contributed by atoms with Crippen molar-refractivity contribution >= 4 is 11.7 Å². The molecule has 4 heteroatoms. The van der Waals surface area contributed by atoms with Gasteiger partial charge in [0.1, 0.15) is 11.7 Å². The molecule has 1 aliphatic rings. The van der Waals surface area contributed by atoms with E-state index in [1.165, 1.54) is 24.1 Å². The molecule has 3 N–H and O–H groups in total. The summed E-state index contributed by atoms with van der Waals surface area (Å²) >= 11 is 0. The van der Waals surface area contributed by atoms with Crippen molar-refractivity contribution in [2.24, 2.45) is 5.73 Å². The fourth-order valence-electron chi connectivity index (χ4n) is 2.80. The smallest absolute Gasteiger partial charge is 0.140 e. The number of amidine groups is 1. The number of nitrogens with one attached hydrogen (secondary N) is 1. The highest BCUT2D eigenvalue weighted by Gasteiger charge is 2.21. The van der Waals surface area contributed by atoms with Crippen molar-refractivity contribution in [1.29, 1.82) is 5.41 Å². The zero-order valence-corrected chi connectivity index (χ0v) is 12.2. The van der Waals surface area contributed by atoms with Gasteiger partial charge in [0, 0.05) is 18.3 Å². The van der Waals surface area contributed by atoms with Crippen molar-refractivity contribution in [1.82, 2.24) is 4.98 Å². The van der Waals surface area contributed by atoms with E-state index >= 15 is 0 Å². The molecular formula is C15H24N4. The van der Waals surface area contributed by atoms with E-state index in [0.717, 1.165) is 30.8 Å². The zero-order chi connectivity index (χ0) is 14.0. The summed E-state index contributed by atoms with van der Waals surface area (Å²) in [5.41, 5.74) is 9.02. The quantitative estimate of drug-likeness (QED) is 0.645. The number of pyridine rings is 1. The molecule has 0 aliphatic heterocycles. The Morgan fingerprint density at radius 2 is 2.11 bits per heavy atom. The number of anilines is 1. The number of rotatable bonds is 4. The van der Waals surface area contributed by atoms with Gasteiger partial charge in [-0.3, -0.25) is 5.41 Å². The molecule has 4 nitrogen and oxygen atoms in total. The third kappa shape index (κ3) is 2.72. The number of aryl methyl sites for hydroxylation is 2. The monoisotopic (exact) mass is 260 g/mol. The van der Waals surface area contributed by atoms with Crippen LogP contribution in [-0.4, -0.2) is 23.4 Å². The van der Waals surface area contributed by atoms with Crippen LogP contribution < -0.4 is 10.6 Å². The molecule has 0 aromatic carbocycles. The Kier molecular flexibility index (Phi) is 4.08.